The van der Waals surface area contributed by atoms with Gasteiger partial charge in [-0.1, -0.05) is 42.0 Å². The molecule has 1 aliphatic rings. The Morgan fingerprint density at radius 1 is 1.00 bits per heavy atom. The zero-order valence-corrected chi connectivity index (χ0v) is 8.96. The number of benzene rings is 1. The van der Waals surface area contributed by atoms with Gasteiger partial charge >= 0.3 is 0 Å². The molecule has 0 saturated heterocycles. The van der Waals surface area contributed by atoms with Crippen LogP contribution >= 0.6 is 0 Å². The maximum atomic E-state index is 7.66. The van der Waals surface area contributed by atoms with Gasteiger partial charge < -0.3 is 5.41 Å². The van der Waals surface area contributed by atoms with Crippen LogP contribution in [0.15, 0.2) is 48.1 Å². The molecule has 1 heteroatoms. The Kier molecular flexibility index (Phi) is 2.82. The molecular weight excluding hydrogens is 182 g/mol. The van der Waals surface area contributed by atoms with Crippen LogP contribution in [0.4, 0.5) is 0 Å². The van der Waals surface area contributed by atoms with Crippen molar-refractivity contribution in [3.63, 3.8) is 0 Å². The first-order valence-electron chi connectivity index (χ1n) is 5.28. The van der Waals surface area contributed by atoms with E-state index in [0.717, 1.165) is 18.6 Å². The van der Waals surface area contributed by atoms with Gasteiger partial charge in [0.1, 0.15) is 0 Å². The Balaban J connectivity index is 2.42. The molecule has 0 aliphatic heterocycles. The largest absolute Gasteiger partial charge is 0.305 e. The molecule has 1 aliphatic carbocycles. The van der Waals surface area contributed by atoms with Crippen molar-refractivity contribution in [1.82, 2.24) is 0 Å². The Morgan fingerprint density at radius 3 is 2.47 bits per heavy atom. The molecule has 0 amide bonds. The van der Waals surface area contributed by atoms with E-state index in [-0.39, 0.29) is 0 Å². The minimum absolute atomic E-state index is 0.722. The number of hydrogen-bond acceptors (Lipinski definition) is 1. The van der Waals surface area contributed by atoms with E-state index in [1.807, 2.05) is 12.1 Å². The number of hydrogen-bond donors (Lipinski definition) is 1. The van der Waals surface area contributed by atoms with Crippen molar-refractivity contribution in [1.29, 1.82) is 5.41 Å². The summed E-state index contributed by atoms with van der Waals surface area (Å²) in [6.07, 6.45) is 5.84. The average molecular weight is 197 g/mol. The number of allylic oxidation sites excluding steroid dienone is 4. The Morgan fingerprint density at radius 2 is 1.73 bits per heavy atom. The van der Waals surface area contributed by atoms with Crippen LogP contribution in [-0.4, -0.2) is 5.71 Å². The normalized spacial score (nSPS) is 16.7. The van der Waals surface area contributed by atoms with Crippen LogP contribution in [0.25, 0.3) is 5.57 Å². The summed E-state index contributed by atoms with van der Waals surface area (Å²) in [5.74, 6) is 0. The Hall–Kier alpha value is -1.63. The van der Waals surface area contributed by atoms with E-state index in [1.54, 1.807) is 0 Å². The van der Waals surface area contributed by atoms with Crippen LogP contribution in [-0.2, 0) is 0 Å². The van der Waals surface area contributed by atoms with Gasteiger partial charge in [0.25, 0.3) is 0 Å². The van der Waals surface area contributed by atoms with E-state index in [1.165, 1.54) is 16.7 Å². The minimum Gasteiger partial charge on any atom is -0.305 e. The van der Waals surface area contributed by atoms with E-state index < -0.39 is 0 Å². The minimum atomic E-state index is 0.722. The molecule has 0 spiro atoms. The molecule has 1 N–H and O–H groups in total. The molecule has 76 valence electrons. The first-order valence-corrected chi connectivity index (χ1v) is 5.28. The average Bonchev–Trinajstić information content (AvgIpc) is 2.43. The smallest absolute Gasteiger partial charge is 0.0317 e. The molecule has 2 rings (SSSR count). The zero-order chi connectivity index (χ0) is 10.7. The molecule has 0 fully saturated rings. The van der Waals surface area contributed by atoms with Crippen LogP contribution in [0.1, 0.15) is 25.3 Å². The van der Waals surface area contributed by atoms with Crippen molar-refractivity contribution in [2.24, 2.45) is 0 Å². The second-order valence-electron chi connectivity index (χ2n) is 3.92. The molecule has 0 radical (unpaired) electrons. The van der Waals surface area contributed by atoms with Gasteiger partial charge in [-0.15, -0.1) is 0 Å². The lowest BCUT2D eigenvalue weighted by Crippen LogP contribution is -1.88. The second kappa shape index (κ2) is 4.26. The summed E-state index contributed by atoms with van der Waals surface area (Å²) in [5.41, 5.74) is 4.62. The molecule has 15 heavy (non-hydrogen) atoms. The number of nitrogens with one attached hydrogen (secondary N) is 1. The molecule has 0 atom stereocenters. The predicted octanol–water partition coefficient (Wildman–Crippen LogP) is 3.83. The summed E-state index contributed by atoms with van der Waals surface area (Å²) in [6.45, 7) is 2.16. The van der Waals surface area contributed by atoms with Crippen LogP contribution in [0, 0.1) is 5.41 Å². The highest BCUT2D eigenvalue weighted by Gasteiger charge is 2.07. The third-order valence-corrected chi connectivity index (χ3v) is 2.77. The lowest BCUT2D eigenvalue weighted by atomic mass is 9.99. The van der Waals surface area contributed by atoms with Crippen molar-refractivity contribution >= 4 is 11.3 Å². The third-order valence-electron chi connectivity index (χ3n) is 2.77. The summed E-state index contributed by atoms with van der Waals surface area (Å²) < 4.78 is 0. The first kappa shape index (κ1) is 9.91. The van der Waals surface area contributed by atoms with Crippen LogP contribution in [0.2, 0.25) is 0 Å². The fourth-order valence-corrected chi connectivity index (χ4v) is 1.83. The second-order valence-corrected chi connectivity index (χ2v) is 3.92. The Bertz CT molecular complexity index is 424. The summed E-state index contributed by atoms with van der Waals surface area (Å²) in [6, 6.07) is 10.4. The van der Waals surface area contributed by atoms with Crippen molar-refractivity contribution in [2.45, 2.75) is 19.8 Å². The van der Waals surface area contributed by atoms with Crippen molar-refractivity contribution in [3.8, 4) is 0 Å². The van der Waals surface area contributed by atoms with Gasteiger partial charge in [0.2, 0.25) is 0 Å². The molecular formula is C14H15N. The van der Waals surface area contributed by atoms with Crippen LogP contribution in [0.5, 0.6) is 0 Å². The molecule has 0 heterocycles. The summed E-state index contributed by atoms with van der Waals surface area (Å²) in [4.78, 5) is 0. The van der Waals surface area contributed by atoms with Crippen LogP contribution < -0.4 is 0 Å². The quantitative estimate of drug-likeness (QED) is 0.707. The highest BCUT2D eigenvalue weighted by atomic mass is 14.4. The fourth-order valence-electron chi connectivity index (χ4n) is 1.83. The molecule has 1 aromatic carbocycles. The van der Waals surface area contributed by atoms with Crippen molar-refractivity contribution in [2.75, 3.05) is 0 Å². The molecule has 1 nitrogen and oxygen atoms in total. The molecule has 0 unspecified atom stereocenters. The van der Waals surface area contributed by atoms with Gasteiger partial charge in [-0.2, -0.15) is 0 Å². The van der Waals surface area contributed by atoms with E-state index in [2.05, 4.69) is 37.3 Å². The van der Waals surface area contributed by atoms with Crippen molar-refractivity contribution < 1.29 is 0 Å². The fraction of sp³-hybridized carbons (Fsp3) is 0.214. The highest BCUT2D eigenvalue weighted by Crippen LogP contribution is 2.25. The monoisotopic (exact) mass is 197 g/mol. The highest BCUT2D eigenvalue weighted by molar-refractivity contribution is 5.96. The zero-order valence-electron chi connectivity index (χ0n) is 8.96. The molecule has 0 bridgehead atoms. The maximum absolute atomic E-state index is 7.66. The van der Waals surface area contributed by atoms with Gasteiger partial charge in [0.15, 0.2) is 0 Å². The molecule has 1 aromatic rings. The predicted molar refractivity (Wildman–Crippen MR) is 65.1 cm³/mol. The van der Waals surface area contributed by atoms with Gasteiger partial charge in [0, 0.05) is 5.71 Å². The van der Waals surface area contributed by atoms with E-state index >= 15 is 0 Å². The summed E-state index contributed by atoms with van der Waals surface area (Å²) >= 11 is 0. The van der Waals surface area contributed by atoms with E-state index in [4.69, 9.17) is 5.41 Å². The summed E-state index contributed by atoms with van der Waals surface area (Å²) in [7, 11) is 0. The van der Waals surface area contributed by atoms with E-state index in [0.29, 0.717) is 0 Å². The topological polar surface area (TPSA) is 23.9 Å². The third kappa shape index (κ3) is 2.24. The standard InChI is InChI=1S/C14H15N/c1-11-7-8-13(15)9-10-14(11)12-5-3-2-4-6-12/h2-6,9-10,15H,7-8H2,1H3. The maximum Gasteiger partial charge on any atom is 0.0317 e. The summed E-state index contributed by atoms with van der Waals surface area (Å²) in [5, 5.41) is 7.66. The lowest BCUT2D eigenvalue weighted by molar-refractivity contribution is 1.02. The van der Waals surface area contributed by atoms with Gasteiger partial charge in [0.05, 0.1) is 0 Å². The van der Waals surface area contributed by atoms with Gasteiger partial charge in [-0.25, -0.2) is 0 Å². The Labute approximate surface area is 90.7 Å². The molecule has 0 aromatic heterocycles. The van der Waals surface area contributed by atoms with Crippen molar-refractivity contribution in [3.05, 3.63) is 53.6 Å². The van der Waals surface area contributed by atoms with Gasteiger partial charge in [-0.3, -0.25) is 0 Å². The number of rotatable bonds is 1. The van der Waals surface area contributed by atoms with Crippen LogP contribution in [0.3, 0.4) is 0 Å². The SMILES string of the molecule is CC1=C(c2ccccc2)C=CC(=N)CC1. The van der Waals surface area contributed by atoms with E-state index in [9.17, 15) is 0 Å². The van der Waals surface area contributed by atoms with Gasteiger partial charge in [-0.05, 0) is 37.0 Å². The lowest BCUT2D eigenvalue weighted by Gasteiger charge is -2.06. The molecule has 0 saturated carbocycles. The first-order chi connectivity index (χ1) is 7.27.